The third-order valence-corrected chi connectivity index (χ3v) is 4.91. The quantitative estimate of drug-likeness (QED) is 0.862. The molecule has 2 aliphatic rings. The first-order valence-electron chi connectivity index (χ1n) is 7.18. The first-order valence-corrected chi connectivity index (χ1v) is 8.06. The summed E-state index contributed by atoms with van der Waals surface area (Å²) in [5.74, 6) is 0. The molecule has 0 unspecified atom stereocenters. The van der Waals surface area contributed by atoms with Crippen molar-refractivity contribution in [2.24, 2.45) is 0 Å². The highest BCUT2D eigenvalue weighted by molar-refractivity contribution is 7.10. The fraction of sp³-hybridized carbons (Fsp3) is 0.500. The summed E-state index contributed by atoms with van der Waals surface area (Å²) in [6.45, 7) is 1.47. The molecule has 3 rings (SSSR count). The molecule has 3 heterocycles. The second kappa shape index (κ2) is 6.35. The van der Waals surface area contributed by atoms with Crippen LogP contribution in [0.15, 0.2) is 11.4 Å². The van der Waals surface area contributed by atoms with E-state index in [4.69, 9.17) is 4.74 Å². The van der Waals surface area contributed by atoms with Gasteiger partial charge >= 0.3 is 12.1 Å². The van der Waals surface area contributed by atoms with Crippen LogP contribution in [0.2, 0.25) is 0 Å². The largest absolute Gasteiger partial charge is 0.442 e. The fourth-order valence-corrected chi connectivity index (χ4v) is 3.67. The highest BCUT2D eigenvalue weighted by Gasteiger charge is 2.33. The maximum atomic E-state index is 12.2. The van der Waals surface area contributed by atoms with Gasteiger partial charge in [0.2, 0.25) is 0 Å². The molecule has 1 N–H and O–H groups in total. The number of carbonyl (C=O) groups excluding carboxylic acids is 3. The SMILES string of the molecule is O=CCOC(=O)N1CCC(N2Cc3sccc3NC2=O)CC1. The van der Waals surface area contributed by atoms with Gasteiger partial charge in [0, 0.05) is 24.0 Å². The smallest absolute Gasteiger partial charge is 0.410 e. The Hall–Kier alpha value is -2.09. The fourth-order valence-electron chi connectivity index (χ4n) is 2.84. The number of nitrogens with one attached hydrogen (secondary N) is 1. The van der Waals surface area contributed by atoms with Crippen LogP contribution in [0.3, 0.4) is 0 Å². The highest BCUT2D eigenvalue weighted by Crippen LogP contribution is 2.31. The molecule has 1 saturated heterocycles. The van der Waals surface area contributed by atoms with Gasteiger partial charge in [-0.15, -0.1) is 11.3 Å². The second-order valence-electron chi connectivity index (χ2n) is 5.28. The van der Waals surface area contributed by atoms with Crippen LogP contribution in [0.1, 0.15) is 17.7 Å². The maximum Gasteiger partial charge on any atom is 0.410 e. The Labute approximate surface area is 131 Å². The lowest BCUT2D eigenvalue weighted by atomic mass is 10.0. The summed E-state index contributed by atoms with van der Waals surface area (Å²) >= 11 is 1.64. The molecule has 0 bridgehead atoms. The molecule has 118 valence electrons. The first kappa shape index (κ1) is 14.8. The molecule has 7 nitrogen and oxygen atoms in total. The first-order chi connectivity index (χ1) is 10.7. The number of carbonyl (C=O) groups is 3. The van der Waals surface area contributed by atoms with E-state index in [0.717, 1.165) is 10.6 Å². The molecule has 0 saturated carbocycles. The van der Waals surface area contributed by atoms with E-state index in [1.165, 1.54) is 0 Å². The Morgan fingerprint density at radius 3 is 2.95 bits per heavy atom. The molecular formula is C14H17N3O4S. The lowest BCUT2D eigenvalue weighted by Gasteiger charge is -2.39. The highest BCUT2D eigenvalue weighted by atomic mass is 32.1. The molecule has 0 spiro atoms. The Morgan fingerprint density at radius 1 is 1.45 bits per heavy atom. The van der Waals surface area contributed by atoms with Gasteiger partial charge in [-0.1, -0.05) is 0 Å². The van der Waals surface area contributed by atoms with Crippen molar-refractivity contribution >= 4 is 35.4 Å². The number of urea groups is 1. The zero-order valence-corrected chi connectivity index (χ0v) is 12.8. The number of anilines is 1. The van der Waals surface area contributed by atoms with Crippen LogP contribution in [0, 0.1) is 0 Å². The average Bonchev–Trinajstić information content (AvgIpc) is 2.99. The zero-order valence-electron chi connectivity index (χ0n) is 12.0. The summed E-state index contributed by atoms with van der Waals surface area (Å²) in [5, 5.41) is 4.87. The summed E-state index contributed by atoms with van der Waals surface area (Å²) in [6, 6.07) is 1.96. The lowest BCUT2D eigenvalue weighted by Crippen LogP contribution is -2.51. The van der Waals surface area contributed by atoms with Crippen LogP contribution >= 0.6 is 11.3 Å². The molecule has 22 heavy (non-hydrogen) atoms. The van der Waals surface area contributed by atoms with Crippen LogP contribution in [0.4, 0.5) is 15.3 Å². The zero-order chi connectivity index (χ0) is 15.5. The van der Waals surface area contributed by atoms with E-state index >= 15 is 0 Å². The Kier molecular flexibility index (Phi) is 4.28. The number of aldehydes is 1. The number of thiophene rings is 1. The molecule has 1 aromatic heterocycles. The van der Waals surface area contributed by atoms with Gasteiger partial charge in [0.05, 0.1) is 12.2 Å². The molecule has 0 atom stereocenters. The maximum absolute atomic E-state index is 12.2. The van der Waals surface area contributed by atoms with E-state index in [1.807, 2.05) is 16.3 Å². The van der Waals surface area contributed by atoms with Crippen molar-refractivity contribution in [2.45, 2.75) is 25.4 Å². The Balaban J connectivity index is 1.56. The van der Waals surface area contributed by atoms with Crippen LogP contribution in [-0.4, -0.2) is 53.9 Å². The molecule has 0 radical (unpaired) electrons. The standard InChI is InChI=1S/C14H17N3O4S/c18-6-7-21-14(20)16-4-1-10(2-5-16)17-9-12-11(3-8-22-12)15-13(17)19/h3,6,8,10H,1-2,4-5,7,9H2,(H,15,19). The predicted molar refractivity (Wildman–Crippen MR) is 80.9 cm³/mol. The number of amides is 3. The molecule has 8 heteroatoms. The predicted octanol–water partition coefficient (Wildman–Crippen LogP) is 1.90. The van der Waals surface area contributed by atoms with Crippen molar-refractivity contribution in [3.63, 3.8) is 0 Å². The Bertz CT molecular complexity index is 580. The lowest BCUT2D eigenvalue weighted by molar-refractivity contribution is -0.110. The van der Waals surface area contributed by atoms with Gasteiger partial charge in [-0.05, 0) is 24.3 Å². The van der Waals surface area contributed by atoms with Crippen molar-refractivity contribution in [2.75, 3.05) is 25.0 Å². The van der Waals surface area contributed by atoms with Crippen molar-refractivity contribution < 1.29 is 19.1 Å². The minimum absolute atomic E-state index is 0.0760. The summed E-state index contributed by atoms with van der Waals surface area (Å²) in [7, 11) is 0. The summed E-state index contributed by atoms with van der Waals surface area (Å²) in [5.41, 5.74) is 0.904. The molecular weight excluding hydrogens is 306 g/mol. The van der Waals surface area contributed by atoms with Gasteiger partial charge in [0.25, 0.3) is 0 Å². The van der Waals surface area contributed by atoms with Crippen LogP contribution in [-0.2, 0) is 16.1 Å². The summed E-state index contributed by atoms with van der Waals surface area (Å²) in [4.78, 5) is 38.7. The topological polar surface area (TPSA) is 79.0 Å². The molecule has 0 aromatic carbocycles. The van der Waals surface area contributed by atoms with Crippen molar-refractivity contribution in [1.29, 1.82) is 0 Å². The monoisotopic (exact) mass is 323 g/mol. The van der Waals surface area contributed by atoms with E-state index in [1.54, 1.807) is 16.2 Å². The molecule has 1 aromatic rings. The van der Waals surface area contributed by atoms with E-state index in [-0.39, 0.29) is 18.7 Å². The van der Waals surface area contributed by atoms with Crippen LogP contribution in [0.5, 0.6) is 0 Å². The van der Waals surface area contributed by atoms with Gasteiger partial charge in [-0.25, -0.2) is 9.59 Å². The van der Waals surface area contributed by atoms with Crippen molar-refractivity contribution in [1.82, 2.24) is 9.80 Å². The van der Waals surface area contributed by atoms with Gasteiger partial charge in [-0.2, -0.15) is 0 Å². The number of ether oxygens (including phenoxy) is 1. The summed E-state index contributed by atoms with van der Waals surface area (Å²) in [6.07, 6.45) is 1.52. The number of nitrogens with zero attached hydrogens (tertiary/aromatic N) is 2. The second-order valence-corrected chi connectivity index (χ2v) is 6.28. The van der Waals surface area contributed by atoms with Gasteiger partial charge in [0.1, 0.15) is 6.61 Å². The molecule has 1 fully saturated rings. The van der Waals surface area contributed by atoms with Crippen LogP contribution < -0.4 is 5.32 Å². The van der Waals surface area contributed by atoms with E-state index in [0.29, 0.717) is 38.8 Å². The van der Waals surface area contributed by atoms with E-state index in [9.17, 15) is 14.4 Å². The number of fused-ring (bicyclic) bond motifs is 1. The number of likely N-dealkylation sites (tertiary alicyclic amines) is 1. The van der Waals surface area contributed by atoms with Gasteiger partial charge < -0.3 is 19.9 Å². The number of rotatable bonds is 3. The number of hydrogen-bond acceptors (Lipinski definition) is 5. The molecule has 0 aliphatic carbocycles. The Morgan fingerprint density at radius 2 is 2.23 bits per heavy atom. The van der Waals surface area contributed by atoms with Crippen LogP contribution in [0.25, 0.3) is 0 Å². The van der Waals surface area contributed by atoms with E-state index in [2.05, 4.69) is 5.32 Å². The number of piperidine rings is 1. The third kappa shape index (κ3) is 2.92. The van der Waals surface area contributed by atoms with Crippen molar-refractivity contribution in [3.8, 4) is 0 Å². The van der Waals surface area contributed by atoms with Crippen molar-refractivity contribution in [3.05, 3.63) is 16.3 Å². The number of hydrogen-bond donors (Lipinski definition) is 1. The van der Waals surface area contributed by atoms with Gasteiger partial charge in [-0.3, -0.25) is 4.79 Å². The average molecular weight is 323 g/mol. The minimum atomic E-state index is -0.464. The molecule has 3 amide bonds. The van der Waals surface area contributed by atoms with E-state index < -0.39 is 6.09 Å². The van der Waals surface area contributed by atoms with Gasteiger partial charge in [0.15, 0.2) is 6.29 Å². The molecule has 2 aliphatic heterocycles. The third-order valence-electron chi connectivity index (χ3n) is 4.00. The minimum Gasteiger partial charge on any atom is -0.442 e. The summed E-state index contributed by atoms with van der Waals surface area (Å²) < 4.78 is 4.80. The normalized spacial score (nSPS) is 18.6.